The van der Waals surface area contributed by atoms with Crippen LogP contribution >= 0.6 is 0 Å². The Balaban J connectivity index is 2.62. The molecule has 0 bridgehead atoms. The summed E-state index contributed by atoms with van der Waals surface area (Å²) in [6, 6.07) is 0.0944. The third kappa shape index (κ3) is 3.58. The normalized spacial score (nSPS) is 14.4. The van der Waals surface area contributed by atoms with Gasteiger partial charge in [0.05, 0.1) is 11.4 Å². The number of amides is 1. The lowest BCUT2D eigenvalue weighted by Gasteiger charge is -2.19. The third-order valence-corrected chi connectivity index (χ3v) is 2.37. The van der Waals surface area contributed by atoms with Crippen molar-refractivity contribution in [3.63, 3.8) is 0 Å². The fourth-order valence-corrected chi connectivity index (χ4v) is 1.71. The van der Waals surface area contributed by atoms with Crippen LogP contribution in [0.1, 0.15) is 37.7 Å². The number of hydrogen-bond donors (Lipinski definition) is 2. The average Bonchev–Trinajstić information content (AvgIpc) is 2.16. The number of rotatable bonds is 5. The second-order valence-corrected chi connectivity index (χ2v) is 3.99. The van der Waals surface area contributed by atoms with E-state index in [1.165, 1.54) is 0 Å². The van der Waals surface area contributed by atoms with E-state index >= 15 is 0 Å². The van der Waals surface area contributed by atoms with Gasteiger partial charge in [-0.2, -0.15) is 0 Å². The second-order valence-electron chi connectivity index (χ2n) is 3.99. The topological polar surface area (TPSA) is 80.9 Å². The minimum Gasteiger partial charge on any atom is -0.370 e. The number of carbonyl (C=O) groups is 1. The van der Waals surface area contributed by atoms with E-state index in [1.54, 1.807) is 12.4 Å². The summed E-state index contributed by atoms with van der Waals surface area (Å²) in [4.78, 5) is 19.2. The van der Waals surface area contributed by atoms with Crippen LogP contribution in [0.4, 0.5) is 0 Å². The Labute approximate surface area is 95.5 Å². The van der Waals surface area contributed by atoms with Crippen LogP contribution in [-0.2, 0) is 4.79 Å². The molecule has 1 aromatic heterocycles. The molecule has 1 rings (SSSR count). The molecule has 5 heteroatoms. The molecule has 3 N–H and O–H groups in total. The van der Waals surface area contributed by atoms with Crippen molar-refractivity contribution in [2.24, 2.45) is 5.73 Å². The molecule has 1 heterocycles. The molecule has 2 unspecified atom stereocenters. The van der Waals surface area contributed by atoms with Crippen molar-refractivity contribution < 1.29 is 4.79 Å². The summed E-state index contributed by atoms with van der Waals surface area (Å²) >= 11 is 0. The lowest BCUT2D eigenvalue weighted by Crippen LogP contribution is -2.33. The van der Waals surface area contributed by atoms with Crippen molar-refractivity contribution in [2.75, 3.05) is 0 Å². The summed E-state index contributed by atoms with van der Waals surface area (Å²) in [5.74, 6) is -0.303. The van der Waals surface area contributed by atoms with Gasteiger partial charge in [0, 0.05) is 30.9 Å². The molecule has 0 fully saturated rings. The molecule has 0 aliphatic rings. The van der Waals surface area contributed by atoms with E-state index in [2.05, 4.69) is 15.3 Å². The number of nitrogens with two attached hydrogens (primary N) is 1. The van der Waals surface area contributed by atoms with Crippen LogP contribution < -0.4 is 11.1 Å². The minimum absolute atomic E-state index is 0.0360. The highest BCUT2D eigenvalue weighted by Gasteiger charge is 2.14. The van der Waals surface area contributed by atoms with Crippen molar-refractivity contribution in [2.45, 2.75) is 39.3 Å². The maximum Gasteiger partial charge on any atom is 0.218 e. The third-order valence-electron chi connectivity index (χ3n) is 2.37. The minimum atomic E-state index is -0.303. The first-order valence-corrected chi connectivity index (χ1v) is 5.32. The summed E-state index contributed by atoms with van der Waals surface area (Å²) in [5, 5.41) is 3.26. The zero-order chi connectivity index (χ0) is 12.1. The summed E-state index contributed by atoms with van der Waals surface area (Å²) in [6.07, 6.45) is 3.65. The Hall–Kier alpha value is -1.49. The predicted octanol–water partition coefficient (Wildman–Crippen LogP) is 0.700. The van der Waals surface area contributed by atoms with E-state index in [9.17, 15) is 4.79 Å². The van der Waals surface area contributed by atoms with E-state index in [4.69, 9.17) is 5.73 Å². The van der Waals surface area contributed by atoms with Crippen molar-refractivity contribution in [3.05, 3.63) is 23.8 Å². The predicted molar refractivity (Wildman–Crippen MR) is 61.6 cm³/mol. The number of hydrogen-bond acceptors (Lipinski definition) is 4. The van der Waals surface area contributed by atoms with Gasteiger partial charge in [-0.25, -0.2) is 0 Å². The van der Waals surface area contributed by atoms with E-state index in [0.717, 1.165) is 11.4 Å². The van der Waals surface area contributed by atoms with Crippen molar-refractivity contribution in [1.29, 1.82) is 0 Å². The van der Waals surface area contributed by atoms with Crippen LogP contribution in [0.3, 0.4) is 0 Å². The fourth-order valence-electron chi connectivity index (χ4n) is 1.71. The summed E-state index contributed by atoms with van der Waals surface area (Å²) in [6.45, 7) is 5.83. The van der Waals surface area contributed by atoms with Crippen LogP contribution in [-0.4, -0.2) is 21.9 Å². The number of nitrogens with one attached hydrogen (secondary N) is 1. The number of nitrogens with zero attached hydrogens (tertiary/aromatic N) is 2. The van der Waals surface area contributed by atoms with Crippen LogP contribution in [0.15, 0.2) is 12.4 Å². The number of aryl methyl sites for hydroxylation is 1. The highest BCUT2D eigenvalue weighted by molar-refractivity contribution is 5.74. The SMILES string of the molecule is Cc1nccnc1C(C)NC(C)CC(N)=O. The van der Waals surface area contributed by atoms with Gasteiger partial charge in [-0.1, -0.05) is 0 Å². The lowest BCUT2D eigenvalue weighted by molar-refractivity contribution is -0.118. The molecule has 5 nitrogen and oxygen atoms in total. The smallest absolute Gasteiger partial charge is 0.218 e. The molecule has 0 aromatic carbocycles. The Morgan fingerprint density at radius 3 is 2.62 bits per heavy atom. The zero-order valence-electron chi connectivity index (χ0n) is 9.90. The Kier molecular flexibility index (Phi) is 4.37. The fraction of sp³-hybridized carbons (Fsp3) is 0.545. The van der Waals surface area contributed by atoms with Gasteiger partial charge in [0.1, 0.15) is 0 Å². The molecular weight excluding hydrogens is 204 g/mol. The molecule has 0 radical (unpaired) electrons. The van der Waals surface area contributed by atoms with Gasteiger partial charge < -0.3 is 11.1 Å². The van der Waals surface area contributed by atoms with Crippen LogP contribution in [0.25, 0.3) is 0 Å². The van der Waals surface area contributed by atoms with Crippen molar-refractivity contribution in [1.82, 2.24) is 15.3 Å². The van der Waals surface area contributed by atoms with Gasteiger partial charge in [-0.05, 0) is 20.8 Å². The Bertz CT molecular complexity index is 367. The van der Waals surface area contributed by atoms with Crippen molar-refractivity contribution in [3.8, 4) is 0 Å². The summed E-state index contributed by atoms with van der Waals surface area (Å²) in [7, 11) is 0. The molecule has 16 heavy (non-hydrogen) atoms. The standard InChI is InChI=1S/C11H18N4O/c1-7(6-10(12)16)15-9(3)11-8(2)13-4-5-14-11/h4-5,7,9,15H,6H2,1-3H3,(H2,12,16). The maximum atomic E-state index is 10.7. The molecular formula is C11H18N4O. The molecule has 0 saturated heterocycles. The first-order valence-electron chi connectivity index (χ1n) is 5.32. The van der Waals surface area contributed by atoms with E-state index in [0.29, 0.717) is 6.42 Å². The van der Waals surface area contributed by atoms with Gasteiger partial charge in [0.15, 0.2) is 0 Å². The summed E-state index contributed by atoms with van der Waals surface area (Å²) in [5.41, 5.74) is 6.93. The lowest BCUT2D eigenvalue weighted by atomic mass is 10.1. The van der Waals surface area contributed by atoms with E-state index < -0.39 is 0 Å². The number of carbonyl (C=O) groups excluding carboxylic acids is 1. The van der Waals surface area contributed by atoms with E-state index in [-0.39, 0.29) is 18.0 Å². The molecule has 0 aliphatic carbocycles. The highest BCUT2D eigenvalue weighted by atomic mass is 16.1. The van der Waals surface area contributed by atoms with E-state index in [1.807, 2.05) is 20.8 Å². The average molecular weight is 222 g/mol. The molecule has 1 amide bonds. The second kappa shape index (κ2) is 5.55. The van der Waals surface area contributed by atoms with Crippen LogP contribution in [0.2, 0.25) is 0 Å². The largest absolute Gasteiger partial charge is 0.370 e. The Morgan fingerprint density at radius 2 is 2.06 bits per heavy atom. The first-order chi connectivity index (χ1) is 7.50. The number of aromatic nitrogens is 2. The first kappa shape index (κ1) is 12.6. The van der Waals surface area contributed by atoms with Crippen molar-refractivity contribution >= 4 is 5.91 Å². The molecule has 0 spiro atoms. The highest BCUT2D eigenvalue weighted by Crippen LogP contribution is 2.12. The molecule has 1 aromatic rings. The van der Waals surface area contributed by atoms with Gasteiger partial charge >= 0.3 is 0 Å². The Morgan fingerprint density at radius 1 is 1.44 bits per heavy atom. The molecule has 0 aliphatic heterocycles. The molecule has 2 atom stereocenters. The number of primary amides is 1. The maximum absolute atomic E-state index is 10.7. The van der Waals surface area contributed by atoms with Crippen LogP contribution in [0, 0.1) is 6.92 Å². The van der Waals surface area contributed by atoms with Crippen LogP contribution in [0.5, 0.6) is 0 Å². The van der Waals surface area contributed by atoms with Gasteiger partial charge in [0.25, 0.3) is 0 Å². The monoisotopic (exact) mass is 222 g/mol. The van der Waals surface area contributed by atoms with Gasteiger partial charge in [-0.15, -0.1) is 0 Å². The van der Waals surface area contributed by atoms with Gasteiger partial charge in [0.2, 0.25) is 5.91 Å². The summed E-state index contributed by atoms with van der Waals surface area (Å²) < 4.78 is 0. The quantitative estimate of drug-likeness (QED) is 0.768. The zero-order valence-corrected chi connectivity index (χ0v) is 9.90. The molecule has 88 valence electrons. The molecule has 0 saturated carbocycles. The van der Waals surface area contributed by atoms with Gasteiger partial charge in [-0.3, -0.25) is 14.8 Å².